The molecule has 0 aliphatic carbocycles. The smallest absolute Gasteiger partial charge is 0.160 e. The highest BCUT2D eigenvalue weighted by Crippen LogP contribution is 2.42. The number of aromatic nitrogens is 4. The lowest BCUT2D eigenvalue weighted by atomic mass is 10.0. The minimum absolute atomic E-state index is 0.691. The van der Waals surface area contributed by atoms with E-state index < -0.39 is 0 Å². The van der Waals surface area contributed by atoms with Crippen molar-refractivity contribution in [2.45, 2.75) is 0 Å². The SMILES string of the molecule is c1ccc(-c2ccc(-c3cc(-c4ccccc4)nc(-c4ccc5sc6c(-c7cc(-c8ccccc8)nc(-c8ccccc8)n7)cccc6c5c4)n3)cc2)cc1. The highest BCUT2D eigenvalue weighted by molar-refractivity contribution is 7.26. The van der Waals surface area contributed by atoms with Gasteiger partial charge in [-0.3, -0.25) is 0 Å². The Morgan fingerprint density at radius 3 is 1.33 bits per heavy atom. The van der Waals surface area contributed by atoms with Crippen LogP contribution in [-0.2, 0) is 0 Å². The molecule has 0 N–H and O–H groups in total. The van der Waals surface area contributed by atoms with E-state index in [1.54, 1.807) is 11.3 Å². The standard InChI is InChI=1S/C50H32N4S/c1-5-14-33(15-6-1)34-24-26-37(27-25-34)44-31-43(35-16-7-2-8-17-35)52-50(53-44)39-28-29-47-42(30-39)40-22-13-23-41(48(40)55-47)46-32-45(36-18-9-3-10-19-36)51-49(54-46)38-20-11-4-12-21-38/h1-32H. The van der Waals surface area contributed by atoms with Crippen LogP contribution in [0.5, 0.6) is 0 Å². The molecule has 7 aromatic carbocycles. The van der Waals surface area contributed by atoms with Gasteiger partial charge in [-0.2, -0.15) is 0 Å². The monoisotopic (exact) mass is 720 g/mol. The molecule has 0 fully saturated rings. The van der Waals surface area contributed by atoms with Crippen molar-refractivity contribution in [3.63, 3.8) is 0 Å². The molecule has 0 aliphatic heterocycles. The zero-order valence-corrected chi connectivity index (χ0v) is 30.5. The molecule has 10 aromatic rings. The third-order valence-electron chi connectivity index (χ3n) is 9.94. The van der Waals surface area contributed by atoms with E-state index in [9.17, 15) is 0 Å². The first kappa shape index (κ1) is 32.6. The summed E-state index contributed by atoms with van der Waals surface area (Å²) in [5.41, 5.74) is 12.1. The highest BCUT2D eigenvalue weighted by Gasteiger charge is 2.17. The Morgan fingerprint density at radius 1 is 0.291 bits per heavy atom. The van der Waals surface area contributed by atoms with Gasteiger partial charge in [0.05, 0.1) is 22.8 Å². The van der Waals surface area contributed by atoms with E-state index in [1.807, 2.05) is 48.5 Å². The molecule has 258 valence electrons. The summed E-state index contributed by atoms with van der Waals surface area (Å²) in [7, 11) is 0. The van der Waals surface area contributed by atoms with Crippen LogP contribution in [0.3, 0.4) is 0 Å². The van der Waals surface area contributed by atoms with Gasteiger partial charge in [0, 0.05) is 53.6 Å². The van der Waals surface area contributed by atoms with Gasteiger partial charge >= 0.3 is 0 Å². The van der Waals surface area contributed by atoms with Crippen LogP contribution >= 0.6 is 11.3 Å². The molecule has 0 amide bonds. The molecule has 0 saturated heterocycles. The maximum atomic E-state index is 5.19. The van der Waals surface area contributed by atoms with E-state index in [2.05, 4.69) is 146 Å². The summed E-state index contributed by atoms with van der Waals surface area (Å²) >= 11 is 1.79. The highest BCUT2D eigenvalue weighted by atomic mass is 32.1. The Bertz CT molecular complexity index is 2890. The molecule has 0 aliphatic rings. The topological polar surface area (TPSA) is 51.6 Å². The van der Waals surface area contributed by atoms with Crippen LogP contribution in [0, 0.1) is 0 Å². The van der Waals surface area contributed by atoms with Gasteiger partial charge in [-0.25, -0.2) is 19.9 Å². The van der Waals surface area contributed by atoms with Crippen LogP contribution in [0.4, 0.5) is 0 Å². The minimum Gasteiger partial charge on any atom is -0.228 e. The summed E-state index contributed by atoms with van der Waals surface area (Å²) in [6.45, 7) is 0. The number of rotatable bonds is 7. The second-order valence-electron chi connectivity index (χ2n) is 13.5. The van der Waals surface area contributed by atoms with Crippen molar-refractivity contribution in [1.29, 1.82) is 0 Å². The molecule has 0 unspecified atom stereocenters. The molecule has 3 aromatic heterocycles. The maximum Gasteiger partial charge on any atom is 0.160 e. The molecule has 0 radical (unpaired) electrons. The fraction of sp³-hybridized carbons (Fsp3) is 0. The largest absolute Gasteiger partial charge is 0.228 e. The lowest BCUT2D eigenvalue weighted by molar-refractivity contribution is 1.18. The van der Waals surface area contributed by atoms with Crippen LogP contribution in [0.1, 0.15) is 0 Å². The van der Waals surface area contributed by atoms with Gasteiger partial charge in [-0.15, -0.1) is 11.3 Å². The van der Waals surface area contributed by atoms with E-state index in [1.165, 1.54) is 31.3 Å². The van der Waals surface area contributed by atoms with Gasteiger partial charge < -0.3 is 0 Å². The fourth-order valence-corrected chi connectivity index (χ4v) is 8.35. The normalized spacial score (nSPS) is 11.3. The second kappa shape index (κ2) is 14.0. The van der Waals surface area contributed by atoms with E-state index in [0.717, 1.165) is 56.2 Å². The summed E-state index contributed by atoms with van der Waals surface area (Å²) in [6, 6.07) is 67.3. The maximum absolute atomic E-state index is 5.19. The summed E-state index contributed by atoms with van der Waals surface area (Å²) in [6.07, 6.45) is 0. The summed E-state index contributed by atoms with van der Waals surface area (Å²) < 4.78 is 2.38. The Morgan fingerprint density at radius 2 is 0.727 bits per heavy atom. The number of thiophene rings is 1. The Kier molecular flexibility index (Phi) is 8.32. The third kappa shape index (κ3) is 6.37. The second-order valence-corrected chi connectivity index (χ2v) is 14.5. The first-order chi connectivity index (χ1) is 27.2. The minimum atomic E-state index is 0.691. The third-order valence-corrected chi connectivity index (χ3v) is 11.2. The van der Waals surface area contributed by atoms with Gasteiger partial charge in [-0.1, -0.05) is 164 Å². The van der Waals surface area contributed by atoms with Gasteiger partial charge in [-0.05, 0) is 41.5 Å². The van der Waals surface area contributed by atoms with Crippen molar-refractivity contribution in [2.24, 2.45) is 0 Å². The molecule has 5 heteroatoms. The summed E-state index contributed by atoms with van der Waals surface area (Å²) in [5.74, 6) is 1.40. The van der Waals surface area contributed by atoms with Crippen LogP contribution in [0.15, 0.2) is 194 Å². The molecule has 10 rings (SSSR count). The molecule has 55 heavy (non-hydrogen) atoms. The first-order valence-electron chi connectivity index (χ1n) is 18.3. The van der Waals surface area contributed by atoms with Crippen LogP contribution in [-0.4, -0.2) is 19.9 Å². The van der Waals surface area contributed by atoms with Crippen molar-refractivity contribution in [3.05, 3.63) is 194 Å². The molecule has 0 saturated carbocycles. The number of hydrogen-bond donors (Lipinski definition) is 0. The average molecular weight is 721 g/mol. The number of hydrogen-bond acceptors (Lipinski definition) is 5. The van der Waals surface area contributed by atoms with E-state index >= 15 is 0 Å². The Balaban J connectivity index is 1.10. The predicted octanol–water partition coefficient (Wildman–Crippen LogP) is 13.3. The molecule has 4 nitrogen and oxygen atoms in total. The Hall–Kier alpha value is -7.08. The van der Waals surface area contributed by atoms with Crippen molar-refractivity contribution < 1.29 is 0 Å². The number of nitrogens with zero attached hydrogens (tertiary/aromatic N) is 4. The van der Waals surface area contributed by atoms with Crippen molar-refractivity contribution in [3.8, 4) is 78.9 Å². The van der Waals surface area contributed by atoms with Crippen molar-refractivity contribution in [2.75, 3.05) is 0 Å². The summed E-state index contributed by atoms with van der Waals surface area (Å²) in [5, 5.41) is 2.35. The number of benzene rings is 7. The van der Waals surface area contributed by atoms with Gasteiger partial charge in [0.1, 0.15) is 0 Å². The number of fused-ring (bicyclic) bond motifs is 3. The molecular formula is C50H32N4S. The van der Waals surface area contributed by atoms with E-state index in [4.69, 9.17) is 19.9 Å². The molecule has 0 atom stereocenters. The molecule has 3 heterocycles. The fourth-order valence-electron chi connectivity index (χ4n) is 7.14. The summed E-state index contributed by atoms with van der Waals surface area (Å²) in [4.78, 5) is 20.5. The zero-order chi connectivity index (χ0) is 36.6. The van der Waals surface area contributed by atoms with Crippen LogP contribution < -0.4 is 0 Å². The van der Waals surface area contributed by atoms with Crippen LogP contribution in [0.2, 0.25) is 0 Å². The van der Waals surface area contributed by atoms with Gasteiger partial charge in [0.2, 0.25) is 0 Å². The Labute approximate surface area is 323 Å². The van der Waals surface area contributed by atoms with E-state index in [-0.39, 0.29) is 0 Å². The van der Waals surface area contributed by atoms with Crippen molar-refractivity contribution >= 4 is 31.5 Å². The van der Waals surface area contributed by atoms with Crippen LogP contribution in [0.25, 0.3) is 99.1 Å². The zero-order valence-electron chi connectivity index (χ0n) is 29.7. The molecule has 0 bridgehead atoms. The lowest BCUT2D eigenvalue weighted by Gasteiger charge is -2.10. The van der Waals surface area contributed by atoms with E-state index in [0.29, 0.717) is 11.6 Å². The molecule has 0 spiro atoms. The quantitative estimate of drug-likeness (QED) is 0.164. The van der Waals surface area contributed by atoms with Gasteiger partial charge in [0.15, 0.2) is 11.6 Å². The lowest BCUT2D eigenvalue weighted by Crippen LogP contribution is -1.96. The predicted molar refractivity (Wildman–Crippen MR) is 229 cm³/mol. The van der Waals surface area contributed by atoms with Gasteiger partial charge in [0.25, 0.3) is 0 Å². The first-order valence-corrected chi connectivity index (χ1v) is 19.1. The van der Waals surface area contributed by atoms with Crippen molar-refractivity contribution in [1.82, 2.24) is 19.9 Å². The molecular weight excluding hydrogens is 689 g/mol. The average Bonchev–Trinajstić information content (AvgIpc) is 3.66.